The molecule has 1 heterocycles. The molecule has 1 aromatic heterocycles. The lowest BCUT2D eigenvalue weighted by Gasteiger charge is -2.12. The summed E-state index contributed by atoms with van der Waals surface area (Å²) < 4.78 is 27.3. The SMILES string of the molecule is Cc1ncccc1NS(=O)(=O)c1cc(C(N)=S)ccc1Cl. The number of anilines is 1. The molecule has 2 rings (SSSR count). The largest absolute Gasteiger partial charge is 0.389 e. The highest BCUT2D eigenvalue weighted by Gasteiger charge is 2.20. The molecule has 0 spiro atoms. The van der Waals surface area contributed by atoms with Gasteiger partial charge >= 0.3 is 0 Å². The number of hydrogen-bond donors (Lipinski definition) is 2. The van der Waals surface area contributed by atoms with Crippen LogP contribution in [0.25, 0.3) is 0 Å². The summed E-state index contributed by atoms with van der Waals surface area (Å²) in [6.07, 6.45) is 1.58. The second-order valence-electron chi connectivity index (χ2n) is 4.25. The van der Waals surface area contributed by atoms with Gasteiger partial charge in [-0.2, -0.15) is 0 Å². The molecule has 5 nitrogen and oxygen atoms in total. The fourth-order valence-corrected chi connectivity index (χ4v) is 3.43. The minimum absolute atomic E-state index is 0.0854. The zero-order valence-electron chi connectivity index (χ0n) is 11.0. The first-order valence-electron chi connectivity index (χ1n) is 5.85. The fraction of sp³-hybridized carbons (Fsp3) is 0.0769. The Labute approximate surface area is 133 Å². The van der Waals surface area contributed by atoms with Gasteiger partial charge in [0.05, 0.1) is 16.4 Å². The van der Waals surface area contributed by atoms with Crippen LogP contribution >= 0.6 is 23.8 Å². The van der Waals surface area contributed by atoms with E-state index in [1.165, 1.54) is 12.1 Å². The number of nitrogens with two attached hydrogens (primary N) is 1. The summed E-state index contributed by atoms with van der Waals surface area (Å²) in [6.45, 7) is 1.70. The maximum absolute atomic E-state index is 12.4. The molecule has 0 fully saturated rings. The molecule has 1 aromatic carbocycles. The molecule has 8 heteroatoms. The summed E-state index contributed by atoms with van der Waals surface area (Å²) in [4.78, 5) is 4.04. The molecule has 0 atom stereocenters. The van der Waals surface area contributed by atoms with Gasteiger partial charge in [-0.15, -0.1) is 0 Å². The van der Waals surface area contributed by atoms with Crippen molar-refractivity contribution in [1.82, 2.24) is 4.98 Å². The fourth-order valence-electron chi connectivity index (χ4n) is 1.65. The quantitative estimate of drug-likeness (QED) is 0.834. The van der Waals surface area contributed by atoms with Crippen LogP contribution in [0.1, 0.15) is 11.3 Å². The van der Waals surface area contributed by atoms with E-state index in [0.717, 1.165) is 0 Å². The Bertz CT molecular complexity index is 807. The number of aromatic nitrogens is 1. The molecule has 0 unspecified atom stereocenters. The van der Waals surface area contributed by atoms with Crippen molar-refractivity contribution in [2.45, 2.75) is 11.8 Å². The molecule has 3 N–H and O–H groups in total. The van der Waals surface area contributed by atoms with Gasteiger partial charge in [-0.05, 0) is 31.2 Å². The van der Waals surface area contributed by atoms with Gasteiger partial charge < -0.3 is 5.73 Å². The van der Waals surface area contributed by atoms with E-state index in [1.807, 2.05) is 0 Å². The molecule has 0 aliphatic heterocycles. The maximum Gasteiger partial charge on any atom is 0.263 e. The molecule has 0 aliphatic carbocycles. The zero-order valence-corrected chi connectivity index (χ0v) is 13.4. The lowest BCUT2D eigenvalue weighted by molar-refractivity contribution is 0.601. The Balaban J connectivity index is 2.47. The zero-order chi connectivity index (χ0) is 15.6. The Morgan fingerprint density at radius 2 is 2.10 bits per heavy atom. The van der Waals surface area contributed by atoms with E-state index in [0.29, 0.717) is 16.9 Å². The van der Waals surface area contributed by atoms with Crippen LogP contribution in [-0.4, -0.2) is 18.4 Å². The smallest absolute Gasteiger partial charge is 0.263 e. The van der Waals surface area contributed by atoms with E-state index < -0.39 is 10.0 Å². The van der Waals surface area contributed by atoms with Crippen molar-refractivity contribution in [3.8, 4) is 0 Å². The van der Waals surface area contributed by atoms with Gasteiger partial charge in [0.15, 0.2) is 0 Å². The van der Waals surface area contributed by atoms with Crippen LogP contribution in [0.3, 0.4) is 0 Å². The number of rotatable bonds is 4. The predicted molar refractivity (Wildman–Crippen MR) is 87.1 cm³/mol. The summed E-state index contributed by atoms with van der Waals surface area (Å²) in [5.41, 5.74) is 6.89. The van der Waals surface area contributed by atoms with Gasteiger partial charge in [0.2, 0.25) is 0 Å². The first-order valence-corrected chi connectivity index (χ1v) is 8.12. The number of pyridine rings is 1. The number of sulfonamides is 1. The molecular weight excluding hydrogens is 330 g/mol. The Kier molecular flexibility index (Phi) is 4.46. The van der Waals surface area contributed by atoms with Gasteiger partial charge in [-0.1, -0.05) is 29.9 Å². The third-order valence-corrected chi connectivity index (χ3v) is 4.84. The third kappa shape index (κ3) is 3.49. The second-order valence-corrected chi connectivity index (χ2v) is 6.75. The normalized spacial score (nSPS) is 11.1. The lowest BCUT2D eigenvalue weighted by atomic mass is 10.2. The number of aryl methyl sites for hydroxylation is 1. The third-order valence-electron chi connectivity index (χ3n) is 2.76. The molecule has 0 bridgehead atoms. The molecule has 110 valence electrons. The first kappa shape index (κ1) is 15.7. The lowest BCUT2D eigenvalue weighted by Crippen LogP contribution is -2.16. The van der Waals surface area contributed by atoms with Gasteiger partial charge in [-0.3, -0.25) is 9.71 Å². The minimum Gasteiger partial charge on any atom is -0.389 e. The van der Waals surface area contributed by atoms with E-state index in [9.17, 15) is 8.42 Å². The standard InChI is InChI=1S/C13H12ClN3O2S2/c1-8-11(3-2-6-16-8)17-21(18,19)12-7-9(13(15)20)4-5-10(12)14/h2-7,17H,1H3,(H2,15,20). The number of nitrogens with zero attached hydrogens (tertiary/aromatic N) is 1. The molecule has 0 amide bonds. The number of benzene rings is 1. The number of nitrogens with one attached hydrogen (secondary N) is 1. The monoisotopic (exact) mass is 341 g/mol. The number of hydrogen-bond acceptors (Lipinski definition) is 4. The van der Waals surface area contributed by atoms with Crippen LogP contribution in [0.4, 0.5) is 5.69 Å². The number of halogens is 1. The van der Waals surface area contributed by atoms with Gasteiger partial charge in [0.25, 0.3) is 10.0 Å². The molecule has 0 radical (unpaired) electrons. The first-order chi connectivity index (χ1) is 9.81. The van der Waals surface area contributed by atoms with Crippen LogP contribution in [0.2, 0.25) is 5.02 Å². The average Bonchev–Trinajstić information content (AvgIpc) is 2.41. The summed E-state index contributed by atoms with van der Waals surface area (Å²) in [6, 6.07) is 7.61. The van der Waals surface area contributed by atoms with Crippen molar-refractivity contribution >= 4 is 44.5 Å². The maximum atomic E-state index is 12.4. The molecular formula is C13H12ClN3O2S2. The molecule has 0 saturated heterocycles. The van der Waals surface area contributed by atoms with Crippen molar-refractivity contribution in [2.24, 2.45) is 5.73 Å². The van der Waals surface area contributed by atoms with Crippen molar-refractivity contribution < 1.29 is 8.42 Å². The summed E-state index contributed by atoms with van der Waals surface area (Å²) in [5, 5.41) is 0.0871. The molecule has 0 saturated carbocycles. The Morgan fingerprint density at radius 1 is 1.38 bits per heavy atom. The van der Waals surface area contributed by atoms with Crippen molar-refractivity contribution in [1.29, 1.82) is 0 Å². The van der Waals surface area contributed by atoms with E-state index in [1.54, 1.807) is 31.3 Å². The van der Waals surface area contributed by atoms with Crippen LogP contribution < -0.4 is 10.5 Å². The molecule has 2 aromatic rings. The highest BCUT2D eigenvalue weighted by molar-refractivity contribution is 7.92. The van der Waals surface area contributed by atoms with Crippen LogP contribution in [0.15, 0.2) is 41.4 Å². The van der Waals surface area contributed by atoms with E-state index in [2.05, 4.69) is 9.71 Å². The van der Waals surface area contributed by atoms with Gasteiger partial charge in [-0.25, -0.2) is 8.42 Å². The van der Waals surface area contributed by atoms with E-state index in [-0.39, 0.29) is 14.9 Å². The van der Waals surface area contributed by atoms with Gasteiger partial charge in [0.1, 0.15) is 9.88 Å². The van der Waals surface area contributed by atoms with Crippen LogP contribution in [-0.2, 0) is 10.0 Å². The Hall–Kier alpha value is -1.70. The summed E-state index contributed by atoms with van der Waals surface area (Å²) >= 11 is 10.8. The van der Waals surface area contributed by atoms with Crippen molar-refractivity contribution in [2.75, 3.05) is 4.72 Å². The highest BCUT2D eigenvalue weighted by Crippen LogP contribution is 2.25. The predicted octanol–water partition coefficient (Wildman–Crippen LogP) is 2.48. The topological polar surface area (TPSA) is 85.1 Å². The van der Waals surface area contributed by atoms with Crippen molar-refractivity contribution in [3.05, 3.63) is 52.8 Å². The summed E-state index contributed by atoms with van der Waals surface area (Å²) in [5.74, 6) is 0. The van der Waals surface area contributed by atoms with Crippen LogP contribution in [0.5, 0.6) is 0 Å². The molecule has 0 aliphatic rings. The van der Waals surface area contributed by atoms with Crippen molar-refractivity contribution in [3.63, 3.8) is 0 Å². The van der Waals surface area contributed by atoms with E-state index in [4.69, 9.17) is 29.6 Å². The van der Waals surface area contributed by atoms with E-state index >= 15 is 0 Å². The van der Waals surface area contributed by atoms with Crippen LogP contribution in [0, 0.1) is 6.92 Å². The Morgan fingerprint density at radius 3 is 2.71 bits per heavy atom. The molecule has 21 heavy (non-hydrogen) atoms. The summed E-state index contributed by atoms with van der Waals surface area (Å²) in [7, 11) is -3.86. The van der Waals surface area contributed by atoms with Gasteiger partial charge in [0, 0.05) is 11.8 Å². The number of thiocarbonyl (C=S) groups is 1. The average molecular weight is 342 g/mol. The highest BCUT2D eigenvalue weighted by atomic mass is 35.5. The second kappa shape index (κ2) is 5.97. The minimum atomic E-state index is -3.86.